The summed E-state index contributed by atoms with van der Waals surface area (Å²) < 4.78 is 10.9. The molecule has 0 radical (unpaired) electrons. The third kappa shape index (κ3) is 6.62. The van der Waals surface area contributed by atoms with Crippen LogP contribution in [0.5, 0.6) is 17.4 Å². The highest BCUT2D eigenvalue weighted by Crippen LogP contribution is 2.23. The van der Waals surface area contributed by atoms with Crippen LogP contribution in [-0.2, 0) is 17.9 Å². The second kappa shape index (κ2) is 10.2. The van der Waals surface area contributed by atoms with Crippen molar-refractivity contribution in [1.82, 2.24) is 15.2 Å². The molecule has 6 heteroatoms. The number of benzene rings is 2. The standard InChI is InChI=1S/C23H25N3O3/c1-26(16-18-7-4-3-5-8-18)17-22(27)24-14-19-11-12-23(25-15-19)29-21-10-6-9-20(13-21)28-2/h3-13,15H,14,16-17H2,1-2H3,(H,24,27). The fraction of sp³-hybridized carbons (Fsp3) is 0.217. The van der Waals surface area contributed by atoms with E-state index in [1.54, 1.807) is 25.4 Å². The SMILES string of the molecule is COc1cccc(Oc2ccc(CNC(=O)CN(C)Cc3ccccc3)cn2)c1. The molecular formula is C23H25N3O3. The van der Waals surface area contributed by atoms with Crippen molar-refractivity contribution in [2.75, 3.05) is 20.7 Å². The Kier molecular flexibility index (Phi) is 7.19. The monoisotopic (exact) mass is 391 g/mol. The molecule has 1 N–H and O–H groups in total. The second-order valence-corrected chi connectivity index (χ2v) is 6.72. The van der Waals surface area contributed by atoms with Crippen LogP contribution in [0.3, 0.4) is 0 Å². The second-order valence-electron chi connectivity index (χ2n) is 6.72. The van der Waals surface area contributed by atoms with Gasteiger partial charge in [-0.15, -0.1) is 0 Å². The minimum absolute atomic E-state index is 0.0276. The van der Waals surface area contributed by atoms with Crippen molar-refractivity contribution < 1.29 is 14.3 Å². The van der Waals surface area contributed by atoms with Gasteiger partial charge in [0.15, 0.2) is 0 Å². The largest absolute Gasteiger partial charge is 0.497 e. The highest BCUT2D eigenvalue weighted by molar-refractivity contribution is 5.77. The van der Waals surface area contributed by atoms with E-state index in [0.717, 1.165) is 17.9 Å². The lowest BCUT2D eigenvalue weighted by molar-refractivity contribution is -0.122. The van der Waals surface area contributed by atoms with E-state index >= 15 is 0 Å². The van der Waals surface area contributed by atoms with Gasteiger partial charge in [-0.2, -0.15) is 0 Å². The Morgan fingerprint density at radius 2 is 1.79 bits per heavy atom. The van der Waals surface area contributed by atoms with Crippen LogP contribution in [0.25, 0.3) is 0 Å². The smallest absolute Gasteiger partial charge is 0.234 e. The Bertz CT molecular complexity index is 914. The molecule has 1 heterocycles. The van der Waals surface area contributed by atoms with Crippen molar-refractivity contribution in [3.63, 3.8) is 0 Å². The number of likely N-dealkylation sites (N-methyl/N-ethyl adjacent to an activating group) is 1. The van der Waals surface area contributed by atoms with Gasteiger partial charge in [0, 0.05) is 31.4 Å². The van der Waals surface area contributed by atoms with Crippen LogP contribution in [0.2, 0.25) is 0 Å². The van der Waals surface area contributed by atoms with Crippen LogP contribution < -0.4 is 14.8 Å². The number of pyridine rings is 1. The van der Waals surface area contributed by atoms with Gasteiger partial charge in [0.05, 0.1) is 13.7 Å². The molecule has 0 atom stereocenters. The first kappa shape index (κ1) is 20.4. The molecule has 3 aromatic rings. The van der Waals surface area contributed by atoms with E-state index in [1.165, 1.54) is 5.56 Å². The van der Waals surface area contributed by atoms with Gasteiger partial charge in [-0.25, -0.2) is 4.98 Å². The molecule has 6 nitrogen and oxygen atoms in total. The summed E-state index contributed by atoms with van der Waals surface area (Å²) in [7, 11) is 3.54. The first-order valence-corrected chi connectivity index (χ1v) is 9.38. The first-order valence-electron chi connectivity index (χ1n) is 9.38. The number of nitrogens with zero attached hydrogens (tertiary/aromatic N) is 2. The molecular weight excluding hydrogens is 366 g/mol. The van der Waals surface area contributed by atoms with Crippen LogP contribution >= 0.6 is 0 Å². The molecule has 1 aromatic heterocycles. The zero-order valence-electron chi connectivity index (χ0n) is 16.7. The van der Waals surface area contributed by atoms with E-state index in [-0.39, 0.29) is 5.91 Å². The van der Waals surface area contributed by atoms with Crippen molar-refractivity contribution in [2.24, 2.45) is 0 Å². The van der Waals surface area contributed by atoms with Crippen LogP contribution in [0, 0.1) is 0 Å². The molecule has 0 saturated heterocycles. The van der Waals surface area contributed by atoms with Crippen LogP contribution in [0.4, 0.5) is 0 Å². The quantitative estimate of drug-likeness (QED) is 0.603. The maximum Gasteiger partial charge on any atom is 0.234 e. The highest BCUT2D eigenvalue weighted by Gasteiger charge is 2.07. The summed E-state index contributed by atoms with van der Waals surface area (Å²) in [6.45, 7) is 1.48. The van der Waals surface area contributed by atoms with E-state index in [9.17, 15) is 4.79 Å². The Balaban J connectivity index is 1.45. The fourth-order valence-corrected chi connectivity index (χ4v) is 2.81. The van der Waals surface area contributed by atoms with E-state index in [1.807, 2.05) is 54.4 Å². The van der Waals surface area contributed by atoms with Crippen LogP contribution in [-0.4, -0.2) is 36.5 Å². The minimum Gasteiger partial charge on any atom is -0.497 e. The Labute approximate surface area is 171 Å². The lowest BCUT2D eigenvalue weighted by Crippen LogP contribution is -2.34. The molecule has 0 fully saturated rings. The molecule has 0 aliphatic heterocycles. The number of carbonyl (C=O) groups excluding carboxylic acids is 1. The van der Waals surface area contributed by atoms with Crippen molar-refractivity contribution in [3.8, 4) is 17.4 Å². The van der Waals surface area contributed by atoms with Gasteiger partial charge < -0.3 is 14.8 Å². The predicted octanol–water partition coefficient (Wildman–Crippen LogP) is 3.63. The van der Waals surface area contributed by atoms with E-state index in [4.69, 9.17) is 9.47 Å². The van der Waals surface area contributed by atoms with E-state index in [0.29, 0.717) is 24.7 Å². The van der Waals surface area contributed by atoms with Gasteiger partial charge in [0.25, 0.3) is 0 Å². The molecule has 1 amide bonds. The molecule has 2 aromatic carbocycles. The molecule has 3 rings (SSSR count). The number of aromatic nitrogens is 1. The van der Waals surface area contributed by atoms with Gasteiger partial charge in [-0.3, -0.25) is 9.69 Å². The maximum atomic E-state index is 12.2. The topological polar surface area (TPSA) is 63.7 Å². The fourth-order valence-electron chi connectivity index (χ4n) is 2.81. The summed E-state index contributed by atoms with van der Waals surface area (Å²) in [5, 5.41) is 2.92. The summed E-state index contributed by atoms with van der Waals surface area (Å²) in [5.74, 6) is 1.83. The zero-order chi connectivity index (χ0) is 20.5. The predicted molar refractivity (Wildman–Crippen MR) is 112 cm³/mol. The average molecular weight is 391 g/mol. The summed E-state index contributed by atoms with van der Waals surface area (Å²) in [6, 6.07) is 21.1. The Morgan fingerprint density at radius 3 is 2.52 bits per heavy atom. The number of carbonyl (C=O) groups is 1. The molecule has 150 valence electrons. The third-order valence-corrected chi connectivity index (χ3v) is 4.26. The third-order valence-electron chi connectivity index (χ3n) is 4.26. The Morgan fingerprint density at radius 1 is 1.00 bits per heavy atom. The molecule has 0 aliphatic rings. The average Bonchev–Trinajstić information content (AvgIpc) is 2.74. The minimum atomic E-state index is -0.0276. The van der Waals surface area contributed by atoms with Gasteiger partial charge >= 0.3 is 0 Å². The summed E-state index contributed by atoms with van der Waals surface area (Å²) in [4.78, 5) is 18.5. The van der Waals surface area contributed by atoms with E-state index in [2.05, 4.69) is 22.4 Å². The highest BCUT2D eigenvalue weighted by atomic mass is 16.5. The van der Waals surface area contributed by atoms with Crippen molar-refractivity contribution in [1.29, 1.82) is 0 Å². The molecule has 29 heavy (non-hydrogen) atoms. The number of amides is 1. The molecule has 0 unspecified atom stereocenters. The normalized spacial score (nSPS) is 10.6. The van der Waals surface area contributed by atoms with E-state index < -0.39 is 0 Å². The lowest BCUT2D eigenvalue weighted by Gasteiger charge is -2.16. The van der Waals surface area contributed by atoms with Crippen molar-refractivity contribution in [2.45, 2.75) is 13.1 Å². The molecule has 0 saturated carbocycles. The van der Waals surface area contributed by atoms with Crippen LogP contribution in [0.15, 0.2) is 72.9 Å². The number of ether oxygens (including phenoxy) is 2. The maximum absolute atomic E-state index is 12.2. The summed E-state index contributed by atoms with van der Waals surface area (Å²) >= 11 is 0. The molecule has 0 spiro atoms. The van der Waals surface area contributed by atoms with Gasteiger partial charge in [0.1, 0.15) is 11.5 Å². The van der Waals surface area contributed by atoms with Gasteiger partial charge in [-0.05, 0) is 30.3 Å². The Hall–Kier alpha value is -3.38. The van der Waals surface area contributed by atoms with Gasteiger partial charge in [0.2, 0.25) is 11.8 Å². The van der Waals surface area contributed by atoms with Crippen molar-refractivity contribution in [3.05, 3.63) is 84.1 Å². The number of methoxy groups -OCH3 is 1. The number of rotatable bonds is 9. The van der Waals surface area contributed by atoms with Gasteiger partial charge in [-0.1, -0.05) is 42.5 Å². The number of hydrogen-bond acceptors (Lipinski definition) is 5. The summed E-state index contributed by atoms with van der Waals surface area (Å²) in [6.07, 6.45) is 1.70. The van der Waals surface area contributed by atoms with Crippen molar-refractivity contribution >= 4 is 5.91 Å². The summed E-state index contributed by atoms with van der Waals surface area (Å²) in [5.41, 5.74) is 2.08. The molecule has 0 aliphatic carbocycles. The zero-order valence-corrected chi connectivity index (χ0v) is 16.7. The molecule has 0 bridgehead atoms. The first-order chi connectivity index (χ1) is 14.1. The van der Waals surface area contributed by atoms with Crippen LogP contribution in [0.1, 0.15) is 11.1 Å². The number of hydrogen-bond donors (Lipinski definition) is 1. The lowest BCUT2D eigenvalue weighted by atomic mass is 10.2. The number of nitrogens with one attached hydrogen (secondary N) is 1.